The second-order valence-corrected chi connectivity index (χ2v) is 10.3. The first-order chi connectivity index (χ1) is 16.2. The number of aromatic nitrogens is 2. The Kier molecular flexibility index (Phi) is 8.35. The summed E-state index contributed by atoms with van der Waals surface area (Å²) in [4.78, 5) is 14.7. The molecule has 2 heterocycles. The predicted octanol–water partition coefficient (Wildman–Crippen LogP) is 6.13. The van der Waals surface area contributed by atoms with Crippen LogP contribution in [0.5, 0.6) is 5.75 Å². The van der Waals surface area contributed by atoms with Gasteiger partial charge in [-0.2, -0.15) is 0 Å². The van der Waals surface area contributed by atoms with Crippen LogP contribution in [0.4, 0.5) is 10.8 Å². The second kappa shape index (κ2) is 11.8. The number of nitrogens with zero attached hydrogens (tertiary/aromatic N) is 2. The number of para-hydroxylation sites is 2. The van der Waals surface area contributed by atoms with E-state index in [1.54, 1.807) is 11.3 Å². The monoisotopic (exact) mass is 496 g/mol. The van der Waals surface area contributed by atoms with Crippen LogP contribution in [0.25, 0.3) is 0 Å². The predicted molar refractivity (Wildman–Crippen MR) is 138 cm³/mol. The van der Waals surface area contributed by atoms with E-state index in [4.69, 9.17) is 4.74 Å². The maximum atomic E-state index is 13.3. The van der Waals surface area contributed by atoms with Crippen molar-refractivity contribution in [3.8, 4) is 5.75 Å². The van der Waals surface area contributed by atoms with Crippen LogP contribution in [0.2, 0.25) is 0 Å². The van der Waals surface area contributed by atoms with Crippen molar-refractivity contribution in [3.05, 3.63) is 82.6 Å². The molecule has 2 aromatic heterocycles. The molecule has 4 aromatic rings. The summed E-state index contributed by atoms with van der Waals surface area (Å²) in [5, 5.41) is 17.3. The summed E-state index contributed by atoms with van der Waals surface area (Å²) in [7, 11) is 0. The molecule has 4 rings (SSSR count). The van der Waals surface area contributed by atoms with Crippen LogP contribution in [0.1, 0.15) is 22.6 Å². The third kappa shape index (κ3) is 6.56. The Balaban J connectivity index is 1.45. The largest absolute Gasteiger partial charge is 0.492 e. The number of amides is 1. The highest BCUT2D eigenvalue weighted by Gasteiger charge is 2.25. The number of benzene rings is 2. The molecule has 0 bridgehead atoms. The van der Waals surface area contributed by atoms with Gasteiger partial charge < -0.3 is 15.4 Å². The molecule has 2 N–H and O–H groups in total. The number of thioether (sulfide) groups is 1. The number of anilines is 2. The average molecular weight is 497 g/mol. The van der Waals surface area contributed by atoms with Crippen molar-refractivity contribution in [2.24, 2.45) is 0 Å². The zero-order valence-electron chi connectivity index (χ0n) is 18.1. The van der Waals surface area contributed by atoms with Gasteiger partial charge in [-0.15, -0.1) is 21.5 Å². The molecule has 33 heavy (non-hydrogen) atoms. The average Bonchev–Trinajstić information content (AvgIpc) is 3.52. The number of carbonyl (C=O) groups excluding carboxylic acids is 1. The Morgan fingerprint density at radius 2 is 1.88 bits per heavy atom. The normalized spacial score (nSPS) is 11.7. The molecule has 0 aliphatic carbocycles. The van der Waals surface area contributed by atoms with Crippen LogP contribution in [-0.2, 0) is 11.2 Å². The molecule has 1 amide bonds. The van der Waals surface area contributed by atoms with Crippen LogP contribution < -0.4 is 15.4 Å². The Morgan fingerprint density at radius 1 is 1.06 bits per heavy atom. The molecule has 0 fully saturated rings. The molecule has 1 unspecified atom stereocenters. The number of carbonyl (C=O) groups is 1. The van der Waals surface area contributed by atoms with Crippen LogP contribution >= 0.6 is 34.4 Å². The fourth-order valence-corrected chi connectivity index (χ4v) is 5.81. The van der Waals surface area contributed by atoms with Crippen molar-refractivity contribution in [1.82, 2.24) is 10.2 Å². The Labute approximate surface area is 205 Å². The van der Waals surface area contributed by atoms with Gasteiger partial charge >= 0.3 is 0 Å². The minimum atomic E-state index is -0.479. The summed E-state index contributed by atoms with van der Waals surface area (Å²) in [6.07, 6.45) is 0.939. The Bertz CT molecular complexity index is 1150. The summed E-state index contributed by atoms with van der Waals surface area (Å²) in [5.74, 6) is 0.513. The van der Waals surface area contributed by atoms with Gasteiger partial charge in [0.1, 0.15) is 11.0 Å². The van der Waals surface area contributed by atoms with Crippen molar-refractivity contribution >= 4 is 51.2 Å². The molecular formula is C24H24N4O2S3. The van der Waals surface area contributed by atoms with Crippen LogP contribution in [0.3, 0.4) is 0 Å². The van der Waals surface area contributed by atoms with Gasteiger partial charge in [0.2, 0.25) is 11.0 Å². The van der Waals surface area contributed by atoms with E-state index in [1.807, 2.05) is 61.5 Å². The van der Waals surface area contributed by atoms with Crippen molar-refractivity contribution in [2.75, 3.05) is 23.8 Å². The first kappa shape index (κ1) is 23.3. The minimum absolute atomic E-state index is 0.138. The lowest BCUT2D eigenvalue weighted by atomic mass is 10.1. The van der Waals surface area contributed by atoms with Gasteiger partial charge in [0.25, 0.3) is 0 Å². The standard InChI is InChI=1S/C24H24N4O2S3/c1-2-30-20-13-7-6-12-19(20)26-22(29)21(17-9-4-3-5-10-17)32-24-28-27-23(33-24)25-15-14-18-11-8-16-31-18/h3-13,16,21H,2,14-15H2,1H3,(H,25,27)(H,26,29). The summed E-state index contributed by atoms with van der Waals surface area (Å²) in [5.41, 5.74) is 1.55. The van der Waals surface area contributed by atoms with Gasteiger partial charge in [0, 0.05) is 11.4 Å². The molecule has 9 heteroatoms. The van der Waals surface area contributed by atoms with Crippen molar-refractivity contribution < 1.29 is 9.53 Å². The molecule has 0 aliphatic heterocycles. The Morgan fingerprint density at radius 3 is 2.67 bits per heavy atom. The maximum Gasteiger partial charge on any atom is 0.242 e. The van der Waals surface area contributed by atoms with Crippen molar-refractivity contribution in [1.29, 1.82) is 0 Å². The maximum absolute atomic E-state index is 13.3. The molecule has 170 valence electrons. The summed E-state index contributed by atoms with van der Waals surface area (Å²) < 4.78 is 6.39. The van der Waals surface area contributed by atoms with Gasteiger partial charge in [-0.05, 0) is 42.5 Å². The lowest BCUT2D eigenvalue weighted by molar-refractivity contribution is -0.115. The van der Waals surface area contributed by atoms with E-state index in [1.165, 1.54) is 28.0 Å². The quantitative estimate of drug-likeness (QED) is 0.244. The molecular weight excluding hydrogens is 472 g/mol. The Hall–Kier alpha value is -2.88. The summed E-state index contributed by atoms with van der Waals surface area (Å²) in [6, 6.07) is 21.3. The molecule has 1 atom stereocenters. The molecule has 0 saturated carbocycles. The molecule has 6 nitrogen and oxygen atoms in total. The van der Waals surface area contributed by atoms with Gasteiger partial charge in [-0.1, -0.05) is 71.6 Å². The zero-order chi connectivity index (χ0) is 22.9. The fraction of sp³-hybridized carbons (Fsp3) is 0.208. The number of hydrogen-bond acceptors (Lipinski definition) is 8. The van der Waals surface area contributed by atoms with E-state index >= 15 is 0 Å². The second-order valence-electron chi connectivity index (χ2n) is 6.96. The molecule has 0 radical (unpaired) electrons. The van der Waals surface area contributed by atoms with E-state index in [0.717, 1.165) is 28.0 Å². The van der Waals surface area contributed by atoms with Crippen LogP contribution in [-0.4, -0.2) is 29.3 Å². The molecule has 0 spiro atoms. The van der Waals surface area contributed by atoms with E-state index in [0.29, 0.717) is 18.0 Å². The van der Waals surface area contributed by atoms with Crippen molar-refractivity contribution in [2.45, 2.75) is 22.9 Å². The first-order valence-corrected chi connectivity index (χ1v) is 13.1. The highest BCUT2D eigenvalue weighted by molar-refractivity contribution is 8.02. The van der Waals surface area contributed by atoms with E-state index < -0.39 is 5.25 Å². The summed E-state index contributed by atoms with van der Waals surface area (Å²) >= 11 is 4.60. The zero-order valence-corrected chi connectivity index (χ0v) is 20.5. The third-order valence-corrected chi connectivity index (χ3v) is 7.79. The number of hydrogen-bond donors (Lipinski definition) is 2. The van der Waals surface area contributed by atoms with Crippen molar-refractivity contribution in [3.63, 3.8) is 0 Å². The first-order valence-electron chi connectivity index (χ1n) is 10.6. The van der Waals surface area contributed by atoms with Gasteiger partial charge in [-0.3, -0.25) is 4.79 Å². The number of nitrogens with one attached hydrogen (secondary N) is 2. The number of thiophene rings is 1. The van der Waals surface area contributed by atoms with E-state index in [-0.39, 0.29) is 5.91 Å². The molecule has 0 aliphatic rings. The van der Waals surface area contributed by atoms with Gasteiger partial charge in [0.15, 0.2) is 4.34 Å². The topological polar surface area (TPSA) is 76.1 Å². The fourth-order valence-electron chi connectivity index (χ4n) is 3.13. The smallest absolute Gasteiger partial charge is 0.242 e. The lowest BCUT2D eigenvalue weighted by Gasteiger charge is -2.17. The number of ether oxygens (including phenoxy) is 1. The van der Waals surface area contributed by atoms with Gasteiger partial charge in [-0.25, -0.2) is 0 Å². The lowest BCUT2D eigenvalue weighted by Crippen LogP contribution is -2.19. The SMILES string of the molecule is CCOc1ccccc1NC(=O)C(Sc1nnc(NCCc2cccs2)s1)c1ccccc1. The summed E-state index contributed by atoms with van der Waals surface area (Å²) in [6.45, 7) is 3.23. The third-order valence-electron chi connectivity index (χ3n) is 4.64. The highest BCUT2D eigenvalue weighted by Crippen LogP contribution is 2.39. The van der Waals surface area contributed by atoms with Crippen LogP contribution in [0.15, 0.2) is 76.4 Å². The van der Waals surface area contributed by atoms with Crippen LogP contribution in [0, 0.1) is 0 Å². The molecule has 2 aromatic carbocycles. The van der Waals surface area contributed by atoms with Gasteiger partial charge in [0.05, 0.1) is 12.3 Å². The molecule has 0 saturated heterocycles. The number of rotatable bonds is 11. The van der Waals surface area contributed by atoms with E-state index in [2.05, 4.69) is 38.3 Å². The highest BCUT2D eigenvalue weighted by atomic mass is 32.2. The minimum Gasteiger partial charge on any atom is -0.492 e. The van der Waals surface area contributed by atoms with E-state index in [9.17, 15) is 4.79 Å².